The molecule has 0 aliphatic carbocycles. The van der Waals surface area contributed by atoms with Crippen molar-refractivity contribution in [2.24, 2.45) is 0 Å². The molecular weight excluding hydrogens is 270 g/mol. The molecule has 1 atom stereocenters. The Kier molecular flexibility index (Phi) is 8.78. The van der Waals surface area contributed by atoms with Crippen LogP contribution in [0.4, 0.5) is 0 Å². The fourth-order valence-electron chi connectivity index (χ4n) is 2.16. The van der Waals surface area contributed by atoms with Gasteiger partial charge in [0.2, 0.25) is 0 Å². The number of methoxy groups -OCH3 is 1. The van der Waals surface area contributed by atoms with E-state index < -0.39 is 0 Å². The quantitative estimate of drug-likeness (QED) is 0.503. The van der Waals surface area contributed by atoms with Crippen molar-refractivity contribution in [1.29, 1.82) is 0 Å². The van der Waals surface area contributed by atoms with Crippen LogP contribution in [0, 0.1) is 6.92 Å². The third-order valence-corrected chi connectivity index (χ3v) is 4.16. The Hall–Kier alpha value is -0.680. The highest BCUT2D eigenvalue weighted by atomic mass is 32.1. The number of ether oxygens (including phenoxy) is 1. The maximum absolute atomic E-state index is 10.1. The molecule has 114 valence electrons. The minimum Gasteiger partial charge on any atom is -0.392 e. The molecule has 1 aromatic rings. The van der Waals surface area contributed by atoms with E-state index in [0.29, 0.717) is 6.54 Å². The summed E-state index contributed by atoms with van der Waals surface area (Å²) in [5.41, 5.74) is 0. The lowest BCUT2D eigenvalue weighted by Gasteiger charge is -2.24. The summed E-state index contributed by atoms with van der Waals surface area (Å²) in [6.07, 6.45) is 4.23. The first-order chi connectivity index (χ1) is 9.65. The van der Waals surface area contributed by atoms with E-state index in [2.05, 4.69) is 30.5 Å². The third kappa shape index (κ3) is 7.20. The zero-order chi connectivity index (χ0) is 14.8. The van der Waals surface area contributed by atoms with Gasteiger partial charge in [0.25, 0.3) is 0 Å². The average molecular weight is 297 g/mol. The molecule has 1 rings (SSSR count). The Morgan fingerprint density at radius 2 is 2.30 bits per heavy atom. The molecule has 1 heterocycles. The molecule has 20 heavy (non-hydrogen) atoms. The van der Waals surface area contributed by atoms with Gasteiger partial charge in [0, 0.05) is 43.1 Å². The van der Waals surface area contributed by atoms with Crippen LogP contribution in [-0.2, 0) is 11.3 Å². The summed E-state index contributed by atoms with van der Waals surface area (Å²) in [6.45, 7) is 9.18. The van der Waals surface area contributed by atoms with Crippen molar-refractivity contribution in [3.05, 3.63) is 34.5 Å². The molecule has 0 aliphatic heterocycles. The summed E-state index contributed by atoms with van der Waals surface area (Å²) in [4.78, 5) is 5.01. The number of nitrogens with zero attached hydrogens (tertiary/aromatic N) is 1. The average Bonchev–Trinajstić information content (AvgIpc) is 2.82. The number of allylic oxidation sites excluding steroid dienone is 1. The zero-order valence-corrected chi connectivity index (χ0v) is 13.5. The van der Waals surface area contributed by atoms with Crippen LogP contribution >= 0.6 is 11.3 Å². The monoisotopic (exact) mass is 297 g/mol. The van der Waals surface area contributed by atoms with Gasteiger partial charge >= 0.3 is 0 Å². The molecule has 3 nitrogen and oxygen atoms in total. The van der Waals surface area contributed by atoms with E-state index in [4.69, 9.17) is 4.74 Å². The van der Waals surface area contributed by atoms with Crippen LogP contribution in [0.2, 0.25) is 0 Å². The van der Waals surface area contributed by atoms with E-state index in [9.17, 15) is 5.11 Å². The number of aliphatic hydroxyl groups is 1. The standard InChI is InChI=1S/C16H27NO2S/c1-4-5-7-15(18)12-17(10-6-11-19-3)13-16-9-8-14(2)20-16/h4,8-9,15,18H,1,5-7,10-13H2,2-3H3. The van der Waals surface area contributed by atoms with Crippen LogP contribution < -0.4 is 0 Å². The van der Waals surface area contributed by atoms with Crippen molar-refractivity contribution in [2.45, 2.75) is 38.8 Å². The first-order valence-electron chi connectivity index (χ1n) is 7.21. The molecule has 0 saturated carbocycles. The second kappa shape index (κ2) is 10.1. The van der Waals surface area contributed by atoms with Gasteiger partial charge in [-0.25, -0.2) is 0 Å². The Morgan fingerprint density at radius 3 is 2.90 bits per heavy atom. The van der Waals surface area contributed by atoms with Gasteiger partial charge in [-0.2, -0.15) is 0 Å². The molecule has 0 bridgehead atoms. The Bertz CT molecular complexity index is 378. The van der Waals surface area contributed by atoms with Crippen LogP contribution in [0.5, 0.6) is 0 Å². The van der Waals surface area contributed by atoms with Crippen LogP contribution in [0.3, 0.4) is 0 Å². The summed E-state index contributed by atoms with van der Waals surface area (Å²) in [5, 5.41) is 10.1. The highest BCUT2D eigenvalue weighted by Crippen LogP contribution is 2.17. The lowest BCUT2D eigenvalue weighted by atomic mass is 10.2. The molecule has 0 fully saturated rings. The Morgan fingerprint density at radius 1 is 1.50 bits per heavy atom. The predicted molar refractivity (Wildman–Crippen MR) is 86.3 cm³/mol. The largest absolute Gasteiger partial charge is 0.392 e. The molecule has 1 unspecified atom stereocenters. The molecular formula is C16H27NO2S. The van der Waals surface area contributed by atoms with Gasteiger partial charge in [0.05, 0.1) is 6.10 Å². The zero-order valence-electron chi connectivity index (χ0n) is 12.7. The molecule has 1 N–H and O–H groups in total. The van der Waals surface area contributed by atoms with Crippen molar-refractivity contribution >= 4 is 11.3 Å². The van der Waals surface area contributed by atoms with Crippen LogP contribution in [0.15, 0.2) is 24.8 Å². The normalized spacial score (nSPS) is 12.8. The van der Waals surface area contributed by atoms with Crippen molar-refractivity contribution < 1.29 is 9.84 Å². The van der Waals surface area contributed by atoms with E-state index >= 15 is 0 Å². The van der Waals surface area contributed by atoms with Gasteiger partial charge in [-0.15, -0.1) is 17.9 Å². The number of hydrogen-bond acceptors (Lipinski definition) is 4. The minimum absolute atomic E-state index is 0.281. The van der Waals surface area contributed by atoms with E-state index in [1.807, 2.05) is 17.4 Å². The van der Waals surface area contributed by atoms with Gasteiger partial charge in [0.15, 0.2) is 0 Å². The minimum atomic E-state index is -0.281. The summed E-state index contributed by atoms with van der Waals surface area (Å²) >= 11 is 1.83. The predicted octanol–water partition coefficient (Wildman–Crippen LogP) is 3.22. The summed E-state index contributed by atoms with van der Waals surface area (Å²) < 4.78 is 5.12. The van der Waals surface area contributed by atoms with Crippen LogP contribution in [0.1, 0.15) is 29.0 Å². The first kappa shape index (κ1) is 17.4. The van der Waals surface area contributed by atoms with Crippen molar-refractivity contribution in [3.8, 4) is 0 Å². The summed E-state index contributed by atoms with van der Waals surface area (Å²) in [7, 11) is 1.73. The molecule has 0 spiro atoms. The fraction of sp³-hybridized carbons (Fsp3) is 0.625. The molecule has 0 amide bonds. The van der Waals surface area contributed by atoms with Gasteiger partial charge in [0.1, 0.15) is 0 Å². The summed E-state index contributed by atoms with van der Waals surface area (Å²) in [5.74, 6) is 0. The number of rotatable bonds is 11. The third-order valence-electron chi connectivity index (χ3n) is 3.17. The molecule has 0 saturated heterocycles. The van der Waals surface area contributed by atoms with Crippen molar-refractivity contribution in [2.75, 3.05) is 26.8 Å². The van der Waals surface area contributed by atoms with Crippen LogP contribution in [-0.4, -0.2) is 42.9 Å². The van der Waals surface area contributed by atoms with Crippen LogP contribution in [0.25, 0.3) is 0 Å². The number of hydrogen-bond donors (Lipinski definition) is 1. The molecule has 1 aromatic heterocycles. The number of thiophene rings is 1. The Balaban J connectivity index is 2.47. The summed E-state index contributed by atoms with van der Waals surface area (Å²) in [6, 6.07) is 4.33. The van der Waals surface area contributed by atoms with Gasteiger partial charge in [-0.05, 0) is 38.3 Å². The topological polar surface area (TPSA) is 32.7 Å². The lowest BCUT2D eigenvalue weighted by molar-refractivity contribution is 0.0947. The van der Waals surface area contributed by atoms with Crippen molar-refractivity contribution in [1.82, 2.24) is 4.90 Å². The SMILES string of the molecule is C=CCCC(O)CN(CCCOC)Cc1ccc(C)s1. The lowest BCUT2D eigenvalue weighted by Crippen LogP contribution is -2.33. The molecule has 0 radical (unpaired) electrons. The fourth-order valence-corrected chi connectivity index (χ4v) is 3.09. The smallest absolute Gasteiger partial charge is 0.0670 e. The maximum atomic E-state index is 10.1. The Labute approximate surface area is 126 Å². The number of aliphatic hydroxyl groups excluding tert-OH is 1. The highest BCUT2D eigenvalue weighted by Gasteiger charge is 2.12. The molecule has 0 aliphatic rings. The van der Waals surface area contributed by atoms with Gasteiger partial charge in [-0.1, -0.05) is 6.08 Å². The first-order valence-corrected chi connectivity index (χ1v) is 8.03. The van der Waals surface area contributed by atoms with E-state index in [1.54, 1.807) is 7.11 Å². The van der Waals surface area contributed by atoms with E-state index in [1.165, 1.54) is 9.75 Å². The number of aryl methyl sites for hydroxylation is 1. The molecule has 0 aromatic carbocycles. The highest BCUT2D eigenvalue weighted by molar-refractivity contribution is 7.11. The van der Waals surface area contributed by atoms with Crippen molar-refractivity contribution in [3.63, 3.8) is 0 Å². The second-order valence-corrected chi connectivity index (χ2v) is 6.49. The van der Waals surface area contributed by atoms with E-state index in [0.717, 1.165) is 39.0 Å². The van der Waals surface area contributed by atoms with E-state index in [-0.39, 0.29) is 6.10 Å². The molecule has 4 heteroatoms. The second-order valence-electron chi connectivity index (χ2n) is 5.11. The van der Waals surface area contributed by atoms with Gasteiger partial charge in [-0.3, -0.25) is 4.90 Å². The van der Waals surface area contributed by atoms with Gasteiger partial charge < -0.3 is 9.84 Å². The maximum Gasteiger partial charge on any atom is 0.0670 e.